The monoisotopic (exact) mass is 360 g/mol. The van der Waals surface area contributed by atoms with Crippen LogP contribution in [0.3, 0.4) is 0 Å². The Hall–Kier alpha value is -1.30. The lowest BCUT2D eigenvalue weighted by atomic mass is 10.1. The van der Waals surface area contributed by atoms with Crippen molar-refractivity contribution in [1.29, 1.82) is 0 Å². The molecule has 0 aliphatic carbocycles. The lowest BCUT2D eigenvalue weighted by Gasteiger charge is -2.31. The molecule has 0 spiro atoms. The van der Waals surface area contributed by atoms with Crippen molar-refractivity contribution in [2.45, 2.75) is 36.5 Å². The number of thiophene rings is 1. The molecule has 3 nitrogen and oxygen atoms in total. The molecule has 0 saturated carbocycles. The number of nitrogens with zero attached hydrogens (tertiary/aromatic N) is 1. The molecule has 0 bridgehead atoms. The van der Waals surface area contributed by atoms with Crippen molar-refractivity contribution in [1.82, 2.24) is 10.2 Å². The predicted molar refractivity (Wildman–Crippen MR) is 103 cm³/mol. The van der Waals surface area contributed by atoms with Crippen LogP contribution in [-0.4, -0.2) is 35.7 Å². The molecule has 1 saturated heterocycles. The van der Waals surface area contributed by atoms with E-state index in [0.29, 0.717) is 18.3 Å². The molecule has 1 aromatic heterocycles. The Labute approximate surface area is 152 Å². The molecule has 1 N–H and O–H groups in total. The van der Waals surface area contributed by atoms with Crippen LogP contribution in [0.2, 0.25) is 0 Å². The van der Waals surface area contributed by atoms with Crippen LogP contribution in [0, 0.1) is 6.92 Å². The molecule has 3 rings (SSSR count). The van der Waals surface area contributed by atoms with Crippen LogP contribution in [0.5, 0.6) is 0 Å². The minimum absolute atomic E-state index is 0.132. The van der Waals surface area contributed by atoms with E-state index in [1.165, 1.54) is 15.3 Å². The minimum Gasteiger partial charge on any atom is -0.350 e. The van der Waals surface area contributed by atoms with Gasteiger partial charge in [0.15, 0.2) is 0 Å². The summed E-state index contributed by atoms with van der Waals surface area (Å²) in [4.78, 5) is 16.9. The molecule has 1 aliphatic heterocycles. The summed E-state index contributed by atoms with van der Waals surface area (Å²) in [5.41, 5.74) is 1.31. The van der Waals surface area contributed by atoms with Crippen LogP contribution >= 0.6 is 23.1 Å². The molecule has 1 aromatic carbocycles. The largest absolute Gasteiger partial charge is 0.350 e. The summed E-state index contributed by atoms with van der Waals surface area (Å²) in [5, 5.41) is 5.72. The Morgan fingerprint density at radius 2 is 2.00 bits per heavy atom. The molecule has 5 heteroatoms. The fraction of sp³-hybridized carbons (Fsp3) is 0.421. The SMILES string of the molecule is Cc1ccc(SC2CCN(CC(=O)NCc3cccs3)CC2)cc1. The number of hydrogen-bond donors (Lipinski definition) is 1. The van der Waals surface area contributed by atoms with E-state index in [2.05, 4.69) is 47.5 Å². The maximum atomic E-state index is 12.1. The van der Waals surface area contributed by atoms with Gasteiger partial charge in [-0.3, -0.25) is 9.69 Å². The van der Waals surface area contributed by atoms with E-state index in [4.69, 9.17) is 0 Å². The molecular weight excluding hydrogens is 336 g/mol. The van der Waals surface area contributed by atoms with Gasteiger partial charge in [-0.2, -0.15) is 0 Å². The summed E-state index contributed by atoms with van der Waals surface area (Å²) in [6.07, 6.45) is 2.30. The van der Waals surface area contributed by atoms with Gasteiger partial charge in [0.1, 0.15) is 0 Å². The first-order chi connectivity index (χ1) is 11.7. The average molecular weight is 361 g/mol. The molecule has 0 radical (unpaired) electrons. The van der Waals surface area contributed by atoms with Gasteiger partial charge in [-0.25, -0.2) is 0 Å². The van der Waals surface area contributed by atoms with Crippen LogP contribution < -0.4 is 5.32 Å². The van der Waals surface area contributed by atoms with Crippen molar-refractivity contribution in [2.75, 3.05) is 19.6 Å². The van der Waals surface area contributed by atoms with Crippen molar-refractivity contribution in [3.63, 3.8) is 0 Å². The van der Waals surface area contributed by atoms with E-state index in [1.54, 1.807) is 11.3 Å². The highest BCUT2D eigenvalue weighted by Crippen LogP contribution is 2.30. The Morgan fingerprint density at radius 3 is 2.67 bits per heavy atom. The predicted octanol–water partition coefficient (Wildman–Crippen LogP) is 3.93. The average Bonchev–Trinajstić information content (AvgIpc) is 3.10. The fourth-order valence-corrected chi connectivity index (χ4v) is 4.62. The molecule has 128 valence electrons. The summed E-state index contributed by atoms with van der Waals surface area (Å²) in [6.45, 7) is 5.31. The molecule has 2 heterocycles. The Kier molecular flexibility index (Phi) is 6.35. The van der Waals surface area contributed by atoms with Crippen LogP contribution in [-0.2, 0) is 11.3 Å². The summed E-state index contributed by atoms with van der Waals surface area (Å²) in [6, 6.07) is 12.8. The second-order valence-electron chi connectivity index (χ2n) is 6.26. The molecule has 24 heavy (non-hydrogen) atoms. The summed E-state index contributed by atoms with van der Waals surface area (Å²) in [5.74, 6) is 0.132. The first-order valence-electron chi connectivity index (χ1n) is 8.44. The highest BCUT2D eigenvalue weighted by molar-refractivity contribution is 8.00. The van der Waals surface area contributed by atoms with Crippen molar-refractivity contribution in [3.05, 3.63) is 52.2 Å². The van der Waals surface area contributed by atoms with E-state index < -0.39 is 0 Å². The third-order valence-corrected chi connectivity index (χ3v) is 6.49. The topological polar surface area (TPSA) is 32.3 Å². The first kappa shape index (κ1) is 17.5. The lowest BCUT2D eigenvalue weighted by molar-refractivity contribution is -0.122. The molecule has 1 aliphatic rings. The molecule has 1 amide bonds. The van der Waals surface area contributed by atoms with Crippen molar-refractivity contribution in [2.24, 2.45) is 0 Å². The zero-order valence-electron chi connectivity index (χ0n) is 14.0. The maximum absolute atomic E-state index is 12.1. The number of carbonyl (C=O) groups is 1. The van der Waals surface area contributed by atoms with Gasteiger partial charge in [0, 0.05) is 15.0 Å². The smallest absolute Gasteiger partial charge is 0.234 e. The van der Waals surface area contributed by atoms with E-state index in [0.717, 1.165) is 25.9 Å². The molecule has 0 unspecified atom stereocenters. The van der Waals surface area contributed by atoms with Crippen LogP contribution in [0.15, 0.2) is 46.7 Å². The van der Waals surface area contributed by atoms with Crippen LogP contribution in [0.25, 0.3) is 0 Å². The zero-order chi connectivity index (χ0) is 16.8. The highest BCUT2D eigenvalue weighted by Gasteiger charge is 2.21. The number of piperidine rings is 1. The van der Waals surface area contributed by atoms with Crippen molar-refractivity contribution in [3.8, 4) is 0 Å². The van der Waals surface area contributed by atoms with Gasteiger partial charge >= 0.3 is 0 Å². The second kappa shape index (κ2) is 8.70. The summed E-state index contributed by atoms with van der Waals surface area (Å²) >= 11 is 3.66. The lowest BCUT2D eigenvalue weighted by Crippen LogP contribution is -2.41. The van der Waals surface area contributed by atoms with Gasteiger partial charge in [-0.15, -0.1) is 23.1 Å². The van der Waals surface area contributed by atoms with Crippen LogP contribution in [0.4, 0.5) is 0 Å². The van der Waals surface area contributed by atoms with Gasteiger partial charge in [0.05, 0.1) is 13.1 Å². The minimum atomic E-state index is 0.132. The van der Waals surface area contributed by atoms with Gasteiger partial charge in [0.2, 0.25) is 5.91 Å². The number of likely N-dealkylation sites (tertiary alicyclic amines) is 1. The molecule has 0 atom stereocenters. The van der Waals surface area contributed by atoms with Gasteiger partial charge < -0.3 is 5.32 Å². The number of amides is 1. The Morgan fingerprint density at radius 1 is 1.25 bits per heavy atom. The first-order valence-corrected chi connectivity index (χ1v) is 10.2. The van der Waals surface area contributed by atoms with Gasteiger partial charge in [0.25, 0.3) is 0 Å². The van der Waals surface area contributed by atoms with Gasteiger partial charge in [-0.1, -0.05) is 23.8 Å². The molecule has 1 fully saturated rings. The van der Waals surface area contributed by atoms with Crippen LogP contribution in [0.1, 0.15) is 23.3 Å². The standard InChI is InChI=1S/C19H24N2OS2/c1-15-4-6-16(7-5-15)24-17-8-10-21(11-9-17)14-19(22)20-13-18-3-2-12-23-18/h2-7,12,17H,8-11,13-14H2,1H3,(H,20,22). The molecular formula is C19H24N2OS2. The zero-order valence-corrected chi connectivity index (χ0v) is 15.7. The van der Waals surface area contributed by atoms with E-state index in [1.807, 2.05) is 23.2 Å². The van der Waals surface area contributed by atoms with E-state index in [9.17, 15) is 4.79 Å². The number of nitrogens with one attached hydrogen (secondary N) is 1. The normalized spacial score (nSPS) is 16.2. The summed E-state index contributed by atoms with van der Waals surface area (Å²) in [7, 11) is 0. The number of carbonyl (C=O) groups excluding carboxylic acids is 1. The van der Waals surface area contributed by atoms with Crippen molar-refractivity contribution >= 4 is 29.0 Å². The molecule has 2 aromatic rings. The fourth-order valence-electron chi connectivity index (χ4n) is 2.85. The quantitative estimate of drug-likeness (QED) is 0.847. The summed E-state index contributed by atoms with van der Waals surface area (Å²) < 4.78 is 0. The number of aryl methyl sites for hydroxylation is 1. The van der Waals surface area contributed by atoms with Gasteiger partial charge in [-0.05, 0) is 56.4 Å². The van der Waals surface area contributed by atoms with Crippen molar-refractivity contribution < 1.29 is 4.79 Å². The number of hydrogen-bond acceptors (Lipinski definition) is 4. The second-order valence-corrected chi connectivity index (χ2v) is 8.67. The highest BCUT2D eigenvalue weighted by atomic mass is 32.2. The maximum Gasteiger partial charge on any atom is 0.234 e. The third-order valence-electron chi connectivity index (χ3n) is 4.27. The Bertz CT molecular complexity index is 632. The number of benzene rings is 1. The number of rotatable bonds is 6. The Balaban J connectivity index is 1.37. The third kappa shape index (κ3) is 5.36. The van der Waals surface area contributed by atoms with E-state index in [-0.39, 0.29) is 5.91 Å². The number of thioether (sulfide) groups is 1. The van der Waals surface area contributed by atoms with E-state index >= 15 is 0 Å².